The fourth-order valence-electron chi connectivity index (χ4n) is 2.02. The number of nitrogens with two attached hydrogens (primary N) is 1. The summed E-state index contributed by atoms with van der Waals surface area (Å²) in [6.07, 6.45) is 4.58. The number of hydrogen-bond acceptors (Lipinski definition) is 3. The third-order valence-electron chi connectivity index (χ3n) is 3.11. The smallest absolute Gasteiger partial charge is 0.0406 e. The third kappa shape index (κ3) is 4.63. The summed E-state index contributed by atoms with van der Waals surface area (Å²) in [5.74, 6) is 5.62. The first kappa shape index (κ1) is 14.0. The maximum absolute atomic E-state index is 5.87. The van der Waals surface area contributed by atoms with Gasteiger partial charge in [-0.05, 0) is 49.1 Å². The van der Waals surface area contributed by atoms with Crippen molar-refractivity contribution < 1.29 is 0 Å². The highest BCUT2D eigenvalue weighted by atomic mass is 35.5. The summed E-state index contributed by atoms with van der Waals surface area (Å²) in [5.41, 5.74) is 5.20. The van der Waals surface area contributed by atoms with E-state index < -0.39 is 0 Å². The number of aromatic nitrogens is 1. The van der Waals surface area contributed by atoms with Crippen molar-refractivity contribution in [2.75, 3.05) is 0 Å². The molecule has 100 valence electrons. The van der Waals surface area contributed by atoms with E-state index in [2.05, 4.69) is 10.4 Å². The van der Waals surface area contributed by atoms with Crippen LogP contribution in [0.15, 0.2) is 48.7 Å². The predicted octanol–water partition coefficient (Wildman–Crippen LogP) is 2.74. The second-order valence-electron chi connectivity index (χ2n) is 4.55. The molecule has 19 heavy (non-hydrogen) atoms. The number of aryl methyl sites for hydroxylation is 1. The molecule has 3 N–H and O–H groups in total. The minimum Gasteiger partial charge on any atom is -0.271 e. The highest BCUT2D eigenvalue weighted by molar-refractivity contribution is 6.30. The molecule has 0 fully saturated rings. The predicted molar refractivity (Wildman–Crippen MR) is 78.8 cm³/mol. The highest BCUT2D eigenvalue weighted by Crippen LogP contribution is 2.12. The van der Waals surface area contributed by atoms with Crippen molar-refractivity contribution >= 4 is 11.6 Å². The summed E-state index contributed by atoms with van der Waals surface area (Å²) in [4.78, 5) is 4.32. The van der Waals surface area contributed by atoms with Gasteiger partial charge in [-0.3, -0.25) is 16.3 Å². The van der Waals surface area contributed by atoms with Crippen LogP contribution in [-0.4, -0.2) is 11.0 Å². The van der Waals surface area contributed by atoms with Gasteiger partial charge in [0.2, 0.25) is 0 Å². The van der Waals surface area contributed by atoms with E-state index >= 15 is 0 Å². The van der Waals surface area contributed by atoms with Gasteiger partial charge in [0.05, 0.1) is 0 Å². The molecule has 1 heterocycles. The maximum atomic E-state index is 5.87. The molecule has 1 aromatic heterocycles. The lowest BCUT2D eigenvalue weighted by molar-refractivity contribution is 0.489. The van der Waals surface area contributed by atoms with Crippen LogP contribution in [0.3, 0.4) is 0 Å². The Bertz CT molecular complexity index is 485. The highest BCUT2D eigenvalue weighted by Gasteiger charge is 2.08. The second kappa shape index (κ2) is 7.24. The van der Waals surface area contributed by atoms with Gasteiger partial charge in [-0.2, -0.15) is 0 Å². The van der Waals surface area contributed by atoms with Gasteiger partial charge in [-0.25, -0.2) is 0 Å². The summed E-state index contributed by atoms with van der Waals surface area (Å²) < 4.78 is 0. The Morgan fingerprint density at radius 2 is 1.95 bits per heavy atom. The number of rotatable bonds is 6. The average Bonchev–Trinajstić information content (AvgIpc) is 2.46. The molecule has 0 amide bonds. The Kier molecular flexibility index (Phi) is 5.33. The average molecular weight is 276 g/mol. The van der Waals surface area contributed by atoms with Crippen molar-refractivity contribution in [1.29, 1.82) is 0 Å². The van der Waals surface area contributed by atoms with Gasteiger partial charge in [-0.15, -0.1) is 0 Å². The van der Waals surface area contributed by atoms with Crippen molar-refractivity contribution in [3.05, 3.63) is 64.9 Å². The Balaban J connectivity index is 1.88. The molecule has 3 nitrogen and oxygen atoms in total. The number of halogens is 1. The zero-order valence-electron chi connectivity index (χ0n) is 10.7. The van der Waals surface area contributed by atoms with Gasteiger partial charge >= 0.3 is 0 Å². The molecular formula is C15H18ClN3. The van der Waals surface area contributed by atoms with E-state index in [1.807, 2.05) is 48.7 Å². The van der Waals surface area contributed by atoms with Gasteiger partial charge in [0.15, 0.2) is 0 Å². The number of nitrogens with zero attached hydrogens (tertiary/aromatic N) is 1. The largest absolute Gasteiger partial charge is 0.271 e. The summed E-state index contributed by atoms with van der Waals surface area (Å²) in [6.45, 7) is 0. The lowest BCUT2D eigenvalue weighted by atomic mass is 10.0. The molecule has 1 atom stereocenters. The molecule has 0 aliphatic heterocycles. The second-order valence-corrected chi connectivity index (χ2v) is 4.99. The van der Waals surface area contributed by atoms with Crippen LogP contribution in [0.2, 0.25) is 5.02 Å². The van der Waals surface area contributed by atoms with Gasteiger partial charge in [0.1, 0.15) is 0 Å². The van der Waals surface area contributed by atoms with Gasteiger partial charge in [0.25, 0.3) is 0 Å². The van der Waals surface area contributed by atoms with Gasteiger partial charge < -0.3 is 0 Å². The van der Waals surface area contributed by atoms with Crippen LogP contribution in [0, 0.1) is 0 Å². The molecule has 4 heteroatoms. The van der Waals surface area contributed by atoms with E-state index in [4.69, 9.17) is 17.4 Å². The van der Waals surface area contributed by atoms with E-state index in [0.717, 1.165) is 30.0 Å². The Morgan fingerprint density at radius 3 is 2.58 bits per heavy atom. The lowest BCUT2D eigenvalue weighted by Crippen LogP contribution is -2.37. The molecule has 0 aliphatic rings. The van der Waals surface area contributed by atoms with E-state index in [0.29, 0.717) is 0 Å². The summed E-state index contributed by atoms with van der Waals surface area (Å²) in [7, 11) is 0. The molecule has 0 aliphatic carbocycles. The van der Waals surface area contributed by atoms with Crippen LogP contribution in [0.1, 0.15) is 17.7 Å². The first-order valence-corrected chi connectivity index (χ1v) is 6.76. The number of pyridine rings is 1. The van der Waals surface area contributed by atoms with E-state index in [1.165, 1.54) is 5.56 Å². The fourth-order valence-corrected chi connectivity index (χ4v) is 2.14. The molecule has 0 saturated carbocycles. The Hall–Kier alpha value is -1.42. The van der Waals surface area contributed by atoms with Gasteiger partial charge in [-0.1, -0.05) is 29.8 Å². The standard InChI is InChI=1S/C15H18ClN3/c16-13-6-4-12(5-7-13)11-15(19-17)9-8-14-3-1-2-10-18-14/h1-7,10,15,19H,8-9,11,17H2. The van der Waals surface area contributed by atoms with Gasteiger partial charge in [0, 0.05) is 23.0 Å². The van der Waals surface area contributed by atoms with Crippen LogP contribution >= 0.6 is 11.6 Å². The summed E-state index contributed by atoms with van der Waals surface area (Å²) >= 11 is 5.87. The lowest BCUT2D eigenvalue weighted by Gasteiger charge is -2.15. The molecule has 2 aromatic rings. The molecule has 2 rings (SSSR count). The quantitative estimate of drug-likeness (QED) is 0.630. The maximum Gasteiger partial charge on any atom is 0.0406 e. The number of hydrazine groups is 1. The normalized spacial score (nSPS) is 12.3. The van der Waals surface area contributed by atoms with Crippen molar-refractivity contribution in [2.45, 2.75) is 25.3 Å². The van der Waals surface area contributed by atoms with Crippen LogP contribution in [-0.2, 0) is 12.8 Å². The zero-order chi connectivity index (χ0) is 13.5. The molecule has 1 unspecified atom stereocenters. The van der Waals surface area contributed by atoms with E-state index in [-0.39, 0.29) is 6.04 Å². The van der Waals surface area contributed by atoms with Crippen molar-refractivity contribution in [2.24, 2.45) is 5.84 Å². The number of nitrogens with one attached hydrogen (secondary N) is 1. The molecular weight excluding hydrogens is 258 g/mol. The minimum absolute atomic E-state index is 0.239. The Morgan fingerprint density at radius 1 is 1.16 bits per heavy atom. The van der Waals surface area contributed by atoms with Crippen molar-refractivity contribution in [3.8, 4) is 0 Å². The Labute approximate surface area is 118 Å². The summed E-state index contributed by atoms with van der Waals surface area (Å²) in [6, 6.07) is 14.1. The van der Waals surface area contributed by atoms with E-state index in [1.54, 1.807) is 0 Å². The number of benzene rings is 1. The van der Waals surface area contributed by atoms with Crippen molar-refractivity contribution in [3.63, 3.8) is 0 Å². The first-order valence-electron chi connectivity index (χ1n) is 6.38. The fraction of sp³-hybridized carbons (Fsp3) is 0.267. The SMILES string of the molecule is NNC(CCc1ccccn1)Cc1ccc(Cl)cc1. The molecule has 0 bridgehead atoms. The first-order chi connectivity index (χ1) is 9.28. The minimum atomic E-state index is 0.239. The van der Waals surface area contributed by atoms with Crippen LogP contribution in [0.25, 0.3) is 0 Å². The van der Waals surface area contributed by atoms with Crippen LogP contribution < -0.4 is 11.3 Å². The molecule has 0 radical (unpaired) electrons. The molecule has 0 saturated heterocycles. The number of hydrogen-bond donors (Lipinski definition) is 2. The monoisotopic (exact) mass is 275 g/mol. The third-order valence-corrected chi connectivity index (χ3v) is 3.36. The van der Waals surface area contributed by atoms with Crippen molar-refractivity contribution in [1.82, 2.24) is 10.4 Å². The van der Waals surface area contributed by atoms with Crippen LogP contribution in [0.4, 0.5) is 0 Å². The topological polar surface area (TPSA) is 50.9 Å². The molecule has 1 aromatic carbocycles. The zero-order valence-corrected chi connectivity index (χ0v) is 11.5. The van der Waals surface area contributed by atoms with Crippen LogP contribution in [0.5, 0.6) is 0 Å². The molecule has 0 spiro atoms. The summed E-state index contributed by atoms with van der Waals surface area (Å²) in [5, 5.41) is 0.759. The van der Waals surface area contributed by atoms with E-state index in [9.17, 15) is 0 Å².